The number of aromatic nitrogens is 1. The standard InChI is InChI=1S/C8H11BrN2OS/c1-2-6(9)3-10-8(12)7-4-13-5-11-7/h4-6H,2-3H2,1H3,(H,10,12). The van der Waals surface area contributed by atoms with Crippen molar-refractivity contribution in [1.82, 2.24) is 10.3 Å². The molecule has 1 heterocycles. The summed E-state index contributed by atoms with van der Waals surface area (Å²) in [6.45, 7) is 2.71. The average molecular weight is 263 g/mol. The maximum absolute atomic E-state index is 11.3. The Hall–Kier alpha value is -0.420. The summed E-state index contributed by atoms with van der Waals surface area (Å²) in [5.41, 5.74) is 2.15. The molecule has 0 aliphatic carbocycles. The summed E-state index contributed by atoms with van der Waals surface area (Å²) in [7, 11) is 0. The van der Waals surface area contributed by atoms with Crippen molar-refractivity contribution < 1.29 is 4.79 Å². The highest BCUT2D eigenvalue weighted by atomic mass is 79.9. The van der Waals surface area contributed by atoms with E-state index in [2.05, 4.69) is 33.2 Å². The number of hydrogen-bond acceptors (Lipinski definition) is 3. The minimum Gasteiger partial charge on any atom is -0.350 e. The third kappa shape index (κ3) is 3.44. The topological polar surface area (TPSA) is 42.0 Å². The van der Waals surface area contributed by atoms with Crippen molar-refractivity contribution in [2.75, 3.05) is 6.54 Å². The van der Waals surface area contributed by atoms with Crippen LogP contribution < -0.4 is 5.32 Å². The summed E-state index contributed by atoms with van der Waals surface area (Å²) >= 11 is 4.86. The van der Waals surface area contributed by atoms with Gasteiger partial charge in [-0.15, -0.1) is 11.3 Å². The fraction of sp³-hybridized carbons (Fsp3) is 0.500. The maximum Gasteiger partial charge on any atom is 0.270 e. The second-order valence-electron chi connectivity index (χ2n) is 2.59. The van der Waals surface area contributed by atoms with E-state index in [0.717, 1.165) is 6.42 Å². The van der Waals surface area contributed by atoms with E-state index in [1.54, 1.807) is 10.9 Å². The molecule has 13 heavy (non-hydrogen) atoms. The van der Waals surface area contributed by atoms with Gasteiger partial charge in [0.25, 0.3) is 5.91 Å². The lowest BCUT2D eigenvalue weighted by molar-refractivity contribution is 0.0949. The minimum absolute atomic E-state index is 0.0980. The number of rotatable bonds is 4. The lowest BCUT2D eigenvalue weighted by Crippen LogP contribution is -2.29. The van der Waals surface area contributed by atoms with E-state index in [1.807, 2.05) is 0 Å². The van der Waals surface area contributed by atoms with E-state index < -0.39 is 0 Å². The van der Waals surface area contributed by atoms with Crippen LogP contribution in [0.5, 0.6) is 0 Å². The van der Waals surface area contributed by atoms with Crippen molar-refractivity contribution in [3.8, 4) is 0 Å². The fourth-order valence-corrected chi connectivity index (χ4v) is 1.46. The Morgan fingerprint density at radius 3 is 3.15 bits per heavy atom. The van der Waals surface area contributed by atoms with Crippen LogP contribution in [0.4, 0.5) is 0 Å². The number of carbonyl (C=O) groups excluding carboxylic acids is 1. The fourth-order valence-electron chi connectivity index (χ4n) is 0.763. The highest BCUT2D eigenvalue weighted by Crippen LogP contribution is 2.04. The first-order valence-electron chi connectivity index (χ1n) is 4.04. The largest absolute Gasteiger partial charge is 0.350 e. The number of halogens is 1. The van der Waals surface area contributed by atoms with Gasteiger partial charge in [-0.05, 0) is 6.42 Å². The van der Waals surface area contributed by atoms with Crippen LogP contribution in [-0.4, -0.2) is 22.3 Å². The van der Waals surface area contributed by atoms with Gasteiger partial charge in [0, 0.05) is 16.8 Å². The maximum atomic E-state index is 11.3. The Kier molecular flexibility index (Phi) is 4.38. The van der Waals surface area contributed by atoms with Gasteiger partial charge in [-0.1, -0.05) is 22.9 Å². The minimum atomic E-state index is -0.0980. The third-order valence-corrected chi connectivity index (χ3v) is 3.15. The summed E-state index contributed by atoms with van der Waals surface area (Å²) < 4.78 is 0. The molecule has 1 N–H and O–H groups in total. The van der Waals surface area contributed by atoms with Gasteiger partial charge in [0.05, 0.1) is 5.51 Å². The molecular formula is C8H11BrN2OS. The van der Waals surface area contributed by atoms with Crippen LogP contribution in [0.2, 0.25) is 0 Å². The SMILES string of the molecule is CCC(Br)CNC(=O)c1cscn1. The monoisotopic (exact) mass is 262 g/mol. The molecule has 0 saturated carbocycles. The number of nitrogens with zero attached hydrogens (tertiary/aromatic N) is 1. The summed E-state index contributed by atoms with van der Waals surface area (Å²) in [5, 5.41) is 4.53. The third-order valence-electron chi connectivity index (χ3n) is 1.59. The second-order valence-corrected chi connectivity index (χ2v) is 4.60. The van der Waals surface area contributed by atoms with Gasteiger partial charge >= 0.3 is 0 Å². The molecule has 0 aromatic carbocycles. The van der Waals surface area contributed by atoms with Crippen LogP contribution in [0.15, 0.2) is 10.9 Å². The molecule has 0 saturated heterocycles. The predicted molar refractivity (Wildman–Crippen MR) is 57.5 cm³/mol. The smallest absolute Gasteiger partial charge is 0.270 e. The van der Waals surface area contributed by atoms with Gasteiger partial charge in [-0.2, -0.15) is 0 Å². The normalized spacial score (nSPS) is 12.5. The molecule has 0 fully saturated rings. The van der Waals surface area contributed by atoms with Crippen molar-refractivity contribution in [2.24, 2.45) is 0 Å². The highest BCUT2D eigenvalue weighted by Gasteiger charge is 2.08. The molecule has 0 bridgehead atoms. The number of hydrogen-bond donors (Lipinski definition) is 1. The number of thiazole rings is 1. The van der Waals surface area contributed by atoms with Gasteiger partial charge in [0.2, 0.25) is 0 Å². The molecule has 0 aliphatic rings. The molecule has 5 heteroatoms. The molecule has 0 aliphatic heterocycles. The molecule has 1 aromatic rings. The first-order chi connectivity index (χ1) is 6.24. The molecule has 1 amide bonds. The Morgan fingerprint density at radius 2 is 2.62 bits per heavy atom. The van der Waals surface area contributed by atoms with Crippen molar-refractivity contribution in [3.05, 3.63) is 16.6 Å². The average Bonchev–Trinajstić information content (AvgIpc) is 2.66. The molecule has 3 nitrogen and oxygen atoms in total. The zero-order valence-corrected chi connectivity index (χ0v) is 9.69. The van der Waals surface area contributed by atoms with E-state index in [0.29, 0.717) is 17.1 Å². The molecule has 0 radical (unpaired) electrons. The zero-order valence-electron chi connectivity index (χ0n) is 7.29. The van der Waals surface area contributed by atoms with Crippen molar-refractivity contribution in [1.29, 1.82) is 0 Å². The summed E-state index contributed by atoms with van der Waals surface area (Å²) in [4.78, 5) is 15.6. The number of nitrogens with one attached hydrogen (secondary N) is 1. The lowest BCUT2D eigenvalue weighted by Gasteiger charge is -2.06. The van der Waals surface area contributed by atoms with Crippen LogP contribution >= 0.6 is 27.3 Å². The highest BCUT2D eigenvalue weighted by molar-refractivity contribution is 9.09. The van der Waals surface area contributed by atoms with Gasteiger partial charge in [0.15, 0.2) is 0 Å². The molecule has 72 valence electrons. The van der Waals surface area contributed by atoms with Crippen molar-refractivity contribution in [2.45, 2.75) is 18.2 Å². The van der Waals surface area contributed by atoms with Crippen LogP contribution in [0.25, 0.3) is 0 Å². The van der Waals surface area contributed by atoms with E-state index in [4.69, 9.17) is 0 Å². The van der Waals surface area contributed by atoms with Gasteiger partial charge in [0.1, 0.15) is 5.69 Å². The first-order valence-corrected chi connectivity index (χ1v) is 5.90. The Bertz CT molecular complexity index is 263. The van der Waals surface area contributed by atoms with Crippen LogP contribution in [0, 0.1) is 0 Å². The molecule has 1 aromatic heterocycles. The van der Waals surface area contributed by atoms with Crippen molar-refractivity contribution in [3.63, 3.8) is 0 Å². The van der Waals surface area contributed by atoms with E-state index in [9.17, 15) is 4.79 Å². The summed E-state index contributed by atoms with van der Waals surface area (Å²) in [6, 6.07) is 0. The van der Waals surface area contributed by atoms with Gasteiger partial charge < -0.3 is 5.32 Å². The van der Waals surface area contributed by atoms with E-state index >= 15 is 0 Å². The molecule has 1 unspecified atom stereocenters. The number of amides is 1. The number of carbonyl (C=O) groups is 1. The molecular weight excluding hydrogens is 252 g/mol. The van der Waals surface area contributed by atoms with Crippen LogP contribution in [0.1, 0.15) is 23.8 Å². The molecule has 0 spiro atoms. The Labute approximate surface area is 89.7 Å². The van der Waals surface area contributed by atoms with Crippen LogP contribution in [0.3, 0.4) is 0 Å². The Morgan fingerprint density at radius 1 is 1.85 bits per heavy atom. The number of alkyl halides is 1. The Balaban J connectivity index is 2.35. The van der Waals surface area contributed by atoms with Gasteiger partial charge in [-0.25, -0.2) is 4.98 Å². The summed E-state index contributed by atoms with van der Waals surface area (Å²) in [5.74, 6) is -0.0980. The lowest BCUT2D eigenvalue weighted by atomic mass is 10.3. The predicted octanol–water partition coefficient (Wildman–Crippen LogP) is 2.05. The summed E-state index contributed by atoms with van der Waals surface area (Å²) in [6.07, 6.45) is 0.997. The van der Waals surface area contributed by atoms with E-state index in [-0.39, 0.29) is 5.91 Å². The van der Waals surface area contributed by atoms with E-state index in [1.165, 1.54) is 11.3 Å². The van der Waals surface area contributed by atoms with Gasteiger partial charge in [-0.3, -0.25) is 4.79 Å². The van der Waals surface area contributed by atoms with Crippen molar-refractivity contribution >= 4 is 33.2 Å². The quantitative estimate of drug-likeness (QED) is 0.845. The zero-order chi connectivity index (χ0) is 9.68. The molecule has 1 atom stereocenters. The van der Waals surface area contributed by atoms with Crippen LogP contribution in [-0.2, 0) is 0 Å². The first kappa shape index (κ1) is 10.7. The molecule has 1 rings (SSSR count). The second kappa shape index (κ2) is 5.34.